The number of ketones is 1. The number of benzene rings is 1. The minimum absolute atomic E-state index is 0.0278. The van der Waals surface area contributed by atoms with Gasteiger partial charge in [0.15, 0.2) is 0 Å². The van der Waals surface area contributed by atoms with Gasteiger partial charge in [0.25, 0.3) is 0 Å². The fraction of sp³-hybridized carbons (Fsp3) is 0.500. The molecule has 0 saturated heterocycles. The summed E-state index contributed by atoms with van der Waals surface area (Å²) in [6, 6.07) is 3.86. The van der Waals surface area contributed by atoms with Gasteiger partial charge in [0.1, 0.15) is 17.3 Å². The van der Waals surface area contributed by atoms with E-state index in [1.807, 2.05) is 12.1 Å². The van der Waals surface area contributed by atoms with E-state index in [2.05, 4.69) is 0 Å². The molecule has 90 valence electrons. The number of hydrogen-bond acceptors (Lipinski definition) is 3. The lowest BCUT2D eigenvalue weighted by atomic mass is 9.66. The maximum absolute atomic E-state index is 12.0. The van der Waals surface area contributed by atoms with E-state index in [-0.39, 0.29) is 5.92 Å². The monoisotopic (exact) mass is 232 g/mol. The zero-order valence-electron chi connectivity index (χ0n) is 10.2. The number of rotatable bonds is 2. The maximum atomic E-state index is 12.0. The number of ether oxygens (including phenoxy) is 2. The predicted molar refractivity (Wildman–Crippen MR) is 63.9 cm³/mol. The highest BCUT2D eigenvalue weighted by Crippen LogP contribution is 2.53. The van der Waals surface area contributed by atoms with E-state index in [0.717, 1.165) is 29.9 Å². The Labute approximate surface area is 101 Å². The second-order valence-electron chi connectivity index (χ2n) is 4.79. The molecular formula is C14H16O3. The van der Waals surface area contributed by atoms with Gasteiger partial charge in [-0.15, -0.1) is 0 Å². The first-order chi connectivity index (χ1) is 8.26. The first-order valence-corrected chi connectivity index (χ1v) is 6.03. The molecule has 0 amide bonds. The molecule has 1 fully saturated rings. The van der Waals surface area contributed by atoms with Gasteiger partial charge in [-0.25, -0.2) is 0 Å². The summed E-state index contributed by atoms with van der Waals surface area (Å²) in [7, 11) is 3.35. The first-order valence-electron chi connectivity index (χ1n) is 6.03. The summed E-state index contributed by atoms with van der Waals surface area (Å²) in [6.45, 7) is 0. The van der Waals surface area contributed by atoms with E-state index in [1.165, 1.54) is 5.56 Å². The average Bonchev–Trinajstić information content (AvgIpc) is 2.37. The van der Waals surface area contributed by atoms with Gasteiger partial charge in [-0.2, -0.15) is 0 Å². The van der Waals surface area contributed by atoms with Gasteiger partial charge in [0.2, 0.25) is 0 Å². The van der Waals surface area contributed by atoms with Gasteiger partial charge in [-0.1, -0.05) is 0 Å². The van der Waals surface area contributed by atoms with Crippen LogP contribution in [0.5, 0.6) is 11.5 Å². The number of carbonyl (C=O) groups excluding carboxylic acids is 1. The zero-order chi connectivity index (χ0) is 12.0. The van der Waals surface area contributed by atoms with Crippen LogP contribution in [0.2, 0.25) is 0 Å². The Balaban J connectivity index is 2.25. The van der Waals surface area contributed by atoms with Crippen molar-refractivity contribution in [3.8, 4) is 11.5 Å². The Hall–Kier alpha value is -1.51. The molecule has 3 nitrogen and oxygen atoms in total. The molecule has 0 aromatic heterocycles. The third-order valence-electron chi connectivity index (χ3n) is 4.04. The summed E-state index contributed by atoms with van der Waals surface area (Å²) in [4.78, 5) is 12.0. The molecule has 17 heavy (non-hydrogen) atoms. The minimum atomic E-state index is 0.0278. The third kappa shape index (κ3) is 1.38. The van der Waals surface area contributed by atoms with E-state index in [9.17, 15) is 4.79 Å². The molecule has 2 unspecified atom stereocenters. The normalized spacial score (nSPS) is 25.6. The van der Waals surface area contributed by atoms with Crippen molar-refractivity contribution >= 4 is 5.78 Å². The highest BCUT2D eigenvalue weighted by molar-refractivity contribution is 5.91. The van der Waals surface area contributed by atoms with Crippen LogP contribution in [-0.2, 0) is 4.79 Å². The summed E-state index contributed by atoms with van der Waals surface area (Å²) in [6.07, 6.45) is 2.72. The summed E-state index contributed by atoms with van der Waals surface area (Å²) in [5.41, 5.74) is 2.29. The van der Waals surface area contributed by atoms with Crippen LogP contribution in [0.15, 0.2) is 12.1 Å². The van der Waals surface area contributed by atoms with Crippen LogP contribution in [-0.4, -0.2) is 20.0 Å². The fourth-order valence-corrected chi connectivity index (χ4v) is 3.30. The molecule has 1 saturated carbocycles. The quantitative estimate of drug-likeness (QED) is 0.786. The molecule has 2 bridgehead atoms. The van der Waals surface area contributed by atoms with E-state index in [1.54, 1.807) is 14.2 Å². The molecule has 1 aromatic carbocycles. The van der Waals surface area contributed by atoms with Crippen molar-refractivity contribution in [2.45, 2.75) is 31.1 Å². The lowest BCUT2D eigenvalue weighted by Crippen LogP contribution is -2.30. The van der Waals surface area contributed by atoms with Crippen LogP contribution in [0, 0.1) is 0 Å². The van der Waals surface area contributed by atoms with Crippen LogP contribution in [0.1, 0.15) is 42.2 Å². The first kappa shape index (κ1) is 10.6. The molecule has 4 rings (SSSR count). The average molecular weight is 232 g/mol. The van der Waals surface area contributed by atoms with Gasteiger partial charge >= 0.3 is 0 Å². The van der Waals surface area contributed by atoms with Crippen molar-refractivity contribution in [3.05, 3.63) is 23.3 Å². The zero-order valence-corrected chi connectivity index (χ0v) is 10.2. The molecule has 3 heteroatoms. The van der Waals surface area contributed by atoms with Gasteiger partial charge in [0.05, 0.1) is 14.2 Å². The summed E-state index contributed by atoms with van der Waals surface area (Å²) >= 11 is 0. The fourth-order valence-electron chi connectivity index (χ4n) is 3.30. The van der Waals surface area contributed by atoms with E-state index >= 15 is 0 Å². The molecule has 0 aliphatic heterocycles. The Morgan fingerprint density at radius 1 is 1.06 bits per heavy atom. The lowest BCUT2D eigenvalue weighted by molar-refractivity contribution is -0.123. The number of carbonyl (C=O) groups is 1. The number of Topliss-reactive ketones (excluding diaryl/α,β-unsaturated/α-hetero) is 1. The van der Waals surface area contributed by atoms with Crippen LogP contribution < -0.4 is 9.47 Å². The predicted octanol–water partition coefficient (Wildman–Crippen LogP) is 2.64. The van der Waals surface area contributed by atoms with Crippen LogP contribution in [0.3, 0.4) is 0 Å². The highest BCUT2D eigenvalue weighted by atomic mass is 16.5. The Kier molecular flexibility index (Phi) is 2.35. The van der Waals surface area contributed by atoms with E-state index < -0.39 is 0 Å². The third-order valence-corrected chi connectivity index (χ3v) is 4.04. The van der Waals surface area contributed by atoms with Crippen molar-refractivity contribution in [1.29, 1.82) is 0 Å². The second kappa shape index (κ2) is 3.76. The largest absolute Gasteiger partial charge is 0.496 e. The maximum Gasteiger partial charge on any atom is 0.141 e. The molecule has 1 aromatic rings. The summed E-state index contributed by atoms with van der Waals surface area (Å²) in [5, 5.41) is 0. The molecule has 0 radical (unpaired) electrons. The molecule has 0 spiro atoms. The molecule has 0 N–H and O–H groups in total. The topological polar surface area (TPSA) is 35.5 Å². The van der Waals surface area contributed by atoms with Crippen LogP contribution in [0.4, 0.5) is 0 Å². The van der Waals surface area contributed by atoms with Gasteiger partial charge < -0.3 is 9.47 Å². The van der Waals surface area contributed by atoms with Crippen molar-refractivity contribution in [2.24, 2.45) is 0 Å². The van der Waals surface area contributed by atoms with Crippen LogP contribution in [0.25, 0.3) is 0 Å². The lowest BCUT2D eigenvalue weighted by Gasteiger charge is -2.38. The van der Waals surface area contributed by atoms with Gasteiger partial charge in [-0.3, -0.25) is 4.79 Å². The number of fused-ring (bicyclic) bond motifs is 2. The van der Waals surface area contributed by atoms with Crippen molar-refractivity contribution in [3.63, 3.8) is 0 Å². The van der Waals surface area contributed by atoms with E-state index in [0.29, 0.717) is 18.1 Å². The minimum Gasteiger partial charge on any atom is -0.496 e. The van der Waals surface area contributed by atoms with E-state index in [4.69, 9.17) is 9.47 Å². The summed E-state index contributed by atoms with van der Waals surface area (Å²) in [5.74, 6) is 2.46. The standard InChI is InChI=1S/C14H16O3/c1-16-11-5-6-12(17-2)14-9-4-3-8(13(11)14)7-10(9)15/h5-6,8-9H,3-4,7H2,1-2H3. The Morgan fingerprint density at radius 2 is 1.71 bits per heavy atom. The van der Waals surface area contributed by atoms with Crippen molar-refractivity contribution in [2.75, 3.05) is 14.2 Å². The van der Waals surface area contributed by atoms with Crippen LogP contribution >= 0.6 is 0 Å². The molecular weight excluding hydrogens is 216 g/mol. The van der Waals surface area contributed by atoms with Gasteiger partial charge in [-0.05, 0) is 30.9 Å². The number of hydrogen-bond donors (Lipinski definition) is 0. The Morgan fingerprint density at radius 3 is 2.29 bits per heavy atom. The molecule has 0 heterocycles. The van der Waals surface area contributed by atoms with Crippen molar-refractivity contribution < 1.29 is 14.3 Å². The SMILES string of the molecule is COc1ccc(OC)c2c1C1CCC2C(=O)C1. The van der Waals surface area contributed by atoms with Crippen molar-refractivity contribution in [1.82, 2.24) is 0 Å². The molecule has 2 atom stereocenters. The van der Waals surface area contributed by atoms with Gasteiger partial charge in [0, 0.05) is 23.5 Å². The highest BCUT2D eigenvalue weighted by Gasteiger charge is 2.42. The number of methoxy groups -OCH3 is 2. The molecule has 3 aliphatic carbocycles. The smallest absolute Gasteiger partial charge is 0.141 e. The summed E-state index contributed by atoms with van der Waals surface area (Å²) < 4.78 is 10.8. The molecule has 3 aliphatic rings. The Bertz CT molecular complexity index is 479. The second-order valence-corrected chi connectivity index (χ2v) is 4.79.